The first-order valence-electron chi connectivity index (χ1n) is 5.43. The van der Waals surface area contributed by atoms with Crippen LogP contribution >= 0.6 is 0 Å². The van der Waals surface area contributed by atoms with E-state index in [1.165, 1.54) is 18.2 Å². The molecule has 17 heavy (non-hydrogen) atoms. The third kappa shape index (κ3) is 3.55. The molecule has 1 aromatic rings. The summed E-state index contributed by atoms with van der Waals surface area (Å²) in [5.41, 5.74) is -0.00718. The lowest BCUT2D eigenvalue weighted by molar-refractivity contribution is 0.0690. The molecule has 1 atom stereocenters. The van der Waals surface area contributed by atoms with Gasteiger partial charge in [0, 0.05) is 6.04 Å². The molecule has 1 rings (SSSR count). The number of carbonyl (C=O) groups is 2. The number of aromatic nitrogens is 1. The van der Waals surface area contributed by atoms with E-state index in [2.05, 4.69) is 10.3 Å². The molecule has 0 aliphatic carbocycles. The van der Waals surface area contributed by atoms with Gasteiger partial charge in [0.05, 0.1) is 0 Å². The van der Waals surface area contributed by atoms with Gasteiger partial charge in [-0.15, -0.1) is 0 Å². The van der Waals surface area contributed by atoms with Gasteiger partial charge in [0.1, 0.15) is 11.4 Å². The van der Waals surface area contributed by atoms with Crippen molar-refractivity contribution in [3.8, 4) is 0 Å². The number of aromatic carboxylic acids is 1. The van der Waals surface area contributed by atoms with Crippen molar-refractivity contribution in [3.63, 3.8) is 0 Å². The van der Waals surface area contributed by atoms with E-state index in [-0.39, 0.29) is 23.3 Å². The second kappa shape index (κ2) is 5.43. The predicted molar refractivity (Wildman–Crippen MR) is 63.0 cm³/mol. The average molecular weight is 236 g/mol. The van der Waals surface area contributed by atoms with Gasteiger partial charge in [-0.25, -0.2) is 9.78 Å². The molecule has 0 aliphatic heterocycles. The summed E-state index contributed by atoms with van der Waals surface area (Å²) in [5, 5.41) is 11.5. The van der Waals surface area contributed by atoms with Crippen LogP contribution in [0, 0.1) is 5.92 Å². The molecule has 0 aromatic carbocycles. The topological polar surface area (TPSA) is 79.3 Å². The molecule has 1 heterocycles. The first-order valence-corrected chi connectivity index (χ1v) is 5.43. The molecule has 0 radical (unpaired) electrons. The average Bonchev–Trinajstić information content (AvgIpc) is 2.28. The Labute approximate surface area is 99.9 Å². The number of carbonyl (C=O) groups excluding carboxylic acids is 1. The molecule has 0 spiro atoms. The highest BCUT2D eigenvalue weighted by Crippen LogP contribution is 2.03. The highest BCUT2D eigenvalue weighted by atomic mass is 16.4. The maximum absolute atomic E-state index is 11.8. The summed E-state index contributed by atoms with van der Waals surface area (Å²) in [6.07, 6.45) is 0. The Morgan fingerprint density at radius 2 is 1.82 bits per heavy atom. The van der Waals surface area contributed by atoms with Crippen LogP contribution in [0.25, 0.3) is 0 Å². The minimum Gasteiger partial charge on any atom is -0.477 e. The first kappa shape index (κ1) is 13.2. The Bertz CT molecular complexity index is 430. The van der Waals surface area contributed by atoms with E-state index in [9.17, 15) is 9.59 Å². The minimum atomic E-state index is -1.14. The second-order valence-corrected chi connectivity index (χ2v) is 4.22. The number of hydrogen-bond donors (Lipinski definition) is 2. The van der Waals surface area contributed by atoms with Crippen molar-refractivity contribution in [3.05, 3.63) is 29.6 Å². The van der Waals surface area contributed by atoms with Gasteiger partial charge >= 0.3 is 5.97 Å². The Morgan fingerprint density at radius 1 is 1.24 bits per heavy atom. The third-order valence-electron chi connectivity index (χ3n) is 2.56. The smallest absolute Gasteiger partial charge is 0.354 e. The van der Waals surface area contributed by atoms with E-state index < -0.39 is 5.97 Å². The molecule has 0 saturated carbocycles. The Hall–Kier alpha value is -1.91. The maximum atomic E-state index is 11.8. The van der Waals surface area contributed by atoms with Crippen LogP contribution in [0.15, 0.2) is 18.2 Å². The van der Waals surface area contributed by atoms with Crippen LogP contribution in [0.5, 0.6) is 0 Å². The zero-order chi connectivity index (χ0) is 13.0. The van der Waals surface area contributed by atoms with Crippen LogP contribution in [0.2, 0.25) is 0 Å². The SMILES string of the molecule is CC(C)C(C)NC(=O)c1cccc(C(=O)O)n1. The van der Waals surface area contributed by atoms with Gasteiger partial charge in [0.15, 0.2) is 0 Å². The molecular weight excluding hydrogens is 220 g/mol. The van der Waals surface area contributed by atoms with Crippen molar-refractivity contribution in [2.75, 3.05) is 0 Å². The number of amides is 1. The van der Waals surface area contributed by atoms with Crippen molar-refractivity contribution in [2.45, 2.75) is 26.8 Å². The normalized spacial score (nSPS) is 12.2. The largest absolute Gasteiger partial charge is 0.477 e. The van der Waals surface area contributed by atoms with Crippen molar-refractivity contribution in [1.29, 1.82) is 0 Å². The quantitative estimate of drug-likeness (QED) is 0.831. The minimum absolute atomic E-state index is 0.0118. The highest BCUT2D eigenvalue weighted by molar-refractivity contribution is 5.94. The van der Waals surface area contributed by atoms with E-state index >= 15 is 0 Å². The van der Waals surface area contributed by atoms with Gasteiger partial charge in [-0.2, -0.15) is 0 Å². The molecule has 0 bridgehead atoms. The summed E-state index contributed by atoms with van der Waals surface area (Å²) in [6.45, 7) is 5.88. The number of carboxylic acids is 1. The van der Waals surface area contributed by atoms with E-state index in [1.807, 2.05) is 20.8 Å². The summed E-state index contributed by atoms with van der Waals surface area (Å²) < 4.78 is 0. The van der Waals surface area contributed by atoms with Crippen LogP contribution < -0.4 is 5.32 Å². The van der Waals surface area contributed by atoms with Crippen LogP contribution in [-0.4, -0.2) is 28.0 Å². The number of hydrogen-bond acceptors (Lipinski definition) is 3. The second-order valence-electron chi connectivity index (χ2n) is 4.22. The number of rotatable bonds is 4. The van der Waals surface area contributed by atoms with Crippen molar-refractivity contribution >= 4 is 11.9 Å². The summed E-state index contributed by atoms with van der Waals surface area (Å²) in [6, 6.07) is 4.36. The predicted octanol–water partition coefficient (Wildman–Crippen LogP) is 1.55. The number of nitrogens with one attached hydrogen (secondary N) is 1. The molecular formula is C12H16N2O3. The fraction of sp³-hybridized carbons (Fsp3) is 0.417. The Balaban J connectivity index is 2.82. The zero-order valence-electron chi connectivity index (χ0n) is 10.1. The lowest BCUT2D eigenvalue weighted by atomic mass is 10.1. The van der Waals surface area contributed by atoms with Crippen molar-refractivity contribution in [2.24, 2.45) is 5.92 Å². The van der Waals surface area contributed by atoms with Gasteiger partial charge in [-0.05, 0) is 25.0 Å². The Kier molecular flexibility index (Phi) is 4.20. The summed E-state index contributed by atoms with van der Waals surface area (Å²) in [7, 11) is 0. The standard InChI is InChI=1S/C12H16N2O3/c1-7(2)8(3)13-11(15)9-5-4-6-10(14-9)12(16)17/h4-8H,1-3H3,(H,13,15)(H,16,17). The number of pyridine rings is 1. The van der Waals surface area contributed by atoms with Crippen LogP contribution in [0.1, 0.15) is 41.7 Å². The van der Waals surface area contributed by atoms with Crippen LogP contribution in [-0.2, 0) is 0 Å². The lowest BCUT2D eigenvalue weighted by Gasteiger charge is -2.17. The fourth-order valence-electron chi connectivity index (χ4n) is 1.13. The molecule has 1 unspecified atom stereocenters. The molecule has 92 valence electrons. The maximum Gasteiger partial charge on any atom is 0.354 e. The molecule has 5 nitrogen and oxygen atoms in total. The fourth-order valence-corrected chi connectivity index (χ4v) is 1.13. The van der Waals surface area contributed by atoms with Gasteiger partial charge in [0.2, 0.25) is 0 Å². The molecule has 1 amide bonds. The Morgan fingerprint density at radius 3 is 2.35 bits per heavy atom. The molecule has 2 N–H and O–H groups in total. The summed E-state index contributed by atoms with van der Waals surface area (Å²) >= 11 is 0. The summed E-state index contributed by atoms with van der Waals surface area (Å²) in [4.78, 5) is 26.3. The highest BCUT2D eigenvalue weighted by Gasteiger charge is 2.15. The van der Waals surface area contributed by atoms with E-state index in [0.29, 0.717) is 5.92 Å². The van der Waals surface area contributed by atoms with Crippen molar-refractivity contribution < 1.29 is 14.7 Å². The zero-order valence-corrected chi connectivity index (χ0v) is 10.1. The van der Waals surface area contributed by atoms with Gasteiger partial charge in [-0.3, -0.25) is 4.79 Å². The van der Waals surface area contributed by atoms with Gasteiger partial charge < -0.3 is 10.4 Å². The van der Waals surface area contributed by atoms with Crippen LogP contribution in [0.4, 0.5) is 0 Å². The molecule has 5 heteroatoms. The number of nitrogens with zero attached hydrogens (tertiary/aromatic N) is 1. The molecule has 0 saturated heterocycles. The van der Waals surface area contributed by atoms with E-state index in [1.54, 1.807) is 0 Å². The van der Waals surface area contributed by atoms with Crippen LogP contribution in [0.3, 0.4) is 0 Å². The van der Waals surface area contributed by atoms with Crippen molar-refractivity contribution in [1.82, 2.24) is 10.3 Å². The first-order chi connectivity index (χ1) is 7.91. The lowest BCUT2D eigenvalue weighted by Crippen LogP contribution is -2.36. The van der Waals surface area contributed by atoms with Gasteiger partial charge in [0.25, 0.3) is 5.91 Å². The third-order valence-corrected chi connectivity index (χ3v) is 2.56. The number of carboxylic acid groups (broad SMARTS) is 1. The molecule has 1 aromatic heterocycles. The van der Waals surface area contributed by atoms with Gasteiger partial charge in [-0.1, -0.05) is 19.9 Å². The van der Waals surface area contributed by atoms with E-state index in [4.69, 9.17) is 5.11 Å². The summed E-state index contributed by atoms with van der Waals surface area (Å²) in [5.74, 6) is -1.19. The van der Waals surface area contributed by atoms with E-state index in [0.717, 1.165) is 0 Å². The monoisotopic (exact) mass is 236 g/mol. The molecule has 0 aliphatic rings. The molecule has 0 fully saturated rings.